The third kappa shape index (κ3) is 1.26. The van der Waals surface area contributed by atoms with E-state index in [0.717, 1.165) is 21.7 Å². The van der Waals surface area contributed by atoms with Gasteiger partial charge < -0.3 is 0 Å². The minimum Gasteiger partial charge on any atom is -0.253 e. The van der Waals surface area contributed by atoms with Crippen molar-refractivity contribution in [2.24, 2.45) is 0 Å². The van der Waals surface area contributed by atoms with E-state index < -0.39 is 0 Å². The van der Waals surface area contributed by atoms with Crippen LogP contribution in [0.4, 0.5) is 4.39 Å². The van der Waals surface area contributed by atoms with Gasteiger partial charge in [-0.15, -0.1) is 0 Å². The molecule has 0 aliphatic rings. The number of hydrogen-bond donors (Lipinski definition) is 0. The quantitative estimate of drug-likeness (QED) is 0.502. The summed E-state index contributed by atoms with van der Waals surface area (Å²) in [5, 5.41) is 3.02. The van der Waals surface area contributed by atoms with E-state index in [9.17, 15) is 4.39 Å². The lowest BCUT2D eigenvalue weighted by Gasteiger charge is -2.02. The zero-order valence-electron chi connectivity index (χ0n) is 7.94. The molecule has 0 radical (unpaired) electrons. The molecule has 1 heterocycles. The van der Waals surface area contributed by atoms with Gasteiger partial charge in [-0.2, -0.15) is 0 Å². The number of benzene rings is 2. The van der Waals surface area contributed by atoms with E-state index in [4.69, 9.17) is 0 Å². The maximum atomic E-state index is 13.1. The molecule has 0 N–H and O–H groups in total. The van der Waals surface area contributed by atoms with E-state index in [-0.39, 0.29) is 5.82 Å². The number of pyridine rings is 1. The van der Waals surface area contributed by atoms with Crippen molar-refractivity contribution in [3.05, 3.63) is 54.5 Å². The average molecular weight is 197 g/mol. The Morgan fingerprint density at radius 3 is 2.73 bits per heavy atom. The molecule has 0 saturated carbocycles. The summed E-state index contributed by atoms with van der Waals surface area (Å²) >= 11 is 0. The molecular formula is C13H8FN. The molecule has 0 saturated heterocycles. The Labute approximate surface area is 86.2 Å². The molecule has 0 amide bonds. The Morgan fingerprint density at radius 2 is 1.80 bits per heavy atom. The minimum atomic E-state index is -0.293. The van der Waals surface area contributed by atoms with Crippen LogP contribution in [-0.2, 0) is 0 Å². The molecular weight excluding hydrogens is 189 g/mol. The largest absolute Gasteiger partial charge is 0.253 e. The van der Waals surface area contributed by atoms with Gasteiger partial charge in [0.2, 0.25) is 0 Å². The van der Waals surface area contributed by atoms with E-state index in [1.54, 1.807) is 0 Å². The average Bonchev–Trinajstić information content (AvgIpc) is 2.29. The van der Waals surface area contributed by atoms with Gasteiger partial charge in [-0.05, 0) is 22.9 Å². The summed E-state index contributed by atoms with van der Waals surface area (Å²) in [6, 6.07) is 13.4. The summed E-state index contributed by atoms with van der Waals surface area (Å²) in [6.45, 7) is 0. The van der Waals surface area contributed by atoms with Gasteiger partial charge in [0.05, 0.1) is 11.7 Å². The van der Waals surface area contributed by atoms with Crippen molar-refractivity contribution in [1.82, 2.24) is 4.98 Å². The third-order valence-electron chi connectivity index (χ3n) is 2.56. The van der Waals surface area contributed by atoms with Crippen LogP contribution in [0.5, 0.6) is 0 Å². The molecule has 0 bridgehead atoms. The van der Waals surface area contributed by atoms with E-state index in [2.05, 4.69) is 4.98 Å². The summed E-state index contributed by atoms with van der Waals surface area (Å²) in [6.07, 6.45) is 1.25. The highest BCUT2D eigenvalue weighted by Crippen LogP contribution is 2.24. The summed E-state index contributed by atoms with van der Waals surface area (Å²) < 4.78 is 13.1. The first kappa shape index (κ1) is 8.36. The fourth-order valence-corrected chi connectivity index (χ4v) is 1.85. The number of fused-ring (bicyclic) bond motifs is 3. The van der Waals surface area contributed by atoms with Crippen LogP contribution < -0.4 is 0 Å². The van der Waals surface area contributed by atoms with Gasteiger partial charge in [-0.25, -0.2) is 4.39 Å². The Balaban J connectivity index is 2.57. The maximum Gasteiger partial charge on any atom is 0.142 e. The lowest BCUT2D eigenvalue weighted by molar-refractivity contribution is 0.624. The van der Waals surface area contributed by atoms with E-state index >= 15 is 0 Å². The second-order valence-corrected chi connectivity index (χ2v) is 3.51. The van der Waals surface area contributed by atoms with Crippen LogP contribution in [0.3, 0.4) is 0 Å². The van der Waals surface area contributed by atoms with Crippen LogP contribution in [-0.4, -0.2) is 4.98 Å². The highest BCUT2D eigenvalue weighted by Gasteiger charge is 2.01. The summed E-state index contributed by atoms with van der Waals surface area (Å²) in [7, 11) is 0. The van der Waals surface area contributed by atoms with Gasteiger partial charge in [-0.1, -0.05) is 30.3 Å². The number of halogens is 1. The zero-order valence-corrected chi connectivity index (χ0v) is 7.94. The zero-order chi connectivity index (χ0) is 10.3. The highest BCUT2D eigenvalue weighted by molar-refractivity contribution is 6.05. The van der Waals surface area contributed by atoms with Crippen LogP contribution in [0, 0.1) is 5.82 Å². The molecule has 3 rings (SSSR count). The number of nitrogens with zero attached hydrogens (tertiary/aromatic N) is 1. The molecule has 0 spiro atoms. The van der Waals surface area contributed by atoms with Crippen LogP contribution in [0.1, 0.15) is 0 Å². The van der Waals surface area contributed by atoms with Crippen LogP contribution in [0.2, 0.25) is 0 Å². The lowest BCUT2D eigenvalue weighted by atomic mass is 10.1. The summed E-state index contributed by atoms with van der Waals surface area (Å²) in [5.74, 6) is -0.293. The van der Waals surface area contributed by atoms with Crippen molar-refractivity contribution in [3.8, 4) is 0 Å². The highest BCUT2D eigenvalue weighted by atomic mass is 19.1. The molecule has 15 heavy (non-hydrogen) atoms. The van der Waals surface area contributed by atoms with Gasteiger partial charge >= 0.3 is 0 Å². The van der Waals surface area contributed by atoms with Crippen molar-refractivity contribution in [2.45, 2.75) is 0 Å². The Hall–Kier alpha value is -1.96. The van der Waals surface area contributed by atoms with Gasteiger partial charge in [0.15, 0.2) is 0 Å². The maximum absolute atomic E-state index is 13.1. The van der Waals surface area contributed by atoms with Crippen molar-refractivity contribution >= 4 is 21.7 Å². The summed E-state index contributed by atoms with van der Waals surface area (Å²) in [5.41, 5.74) is 0.829. The van der Waals surface area contributed by atoms with Crippen molar-refractivity contribution in [1.29, 1.82) is 0 Å². The molecule has 72 valence electrons. The molecule has 0 fully saturated rings. The standard InChI is InChI=1S/C13H8FN/c14-10-7-12-11-4-2-1-3-9(11)5-6-13(12)15-8-10/h1-8H. The predicted octanol–water partition coefficient (Wildman–Crippen LogP) is 3.53. The molecule has 0 unspecified atom stereocenters. The van der Waals surface area contributed by atoms with Gasteiger partial charge in [0.1, 0.15) is 5.82 Å². The molecule has 0 aliphatic heterocycles. The first-order valence-electron chi connectivity index (χ1n) is 4.77. The lowest BCUT2D eigenvalue weighted by Crippen LogP contribution is -1.83. The van der Waals surface area contributed by atoms with Crippen molar-refractivity contribution in [3.63, 3.8) is 0 Å². The molecule has 1 aromatic heterocycles. The second-order valence-electron chi connectivity index (χ2n) is 3.51. The number of hydrogen-bond acceptors (Lipinski definition) is 1. The smallest absolute Gasteiger partial charge is 0.142 e. The molecule has 2 aromatic carbocycles. The van der Waals surface area contributed by atoms with E-state index in [1.165, 1.54) is 12.3 Å². The van der Waals surface area contributed by atoms with Crippen molar-refractivity contribution in [2.75, 3.05) is 0 Å². The van der Waals surface area contributed by atoms with Gasteiger partial charge in [0.25, 0.3) is 0 Å². The molecule has 0 aliphatic carbocycles. The van der Waals surface area contributed by atoms with Gasteiger partial charge in [-0.3, -0.25) is 4.98 Å². The summed E-state index contributed by atoms with van der Waals surface area (Å²) in [4.78, 5) is 4.06. The van der Waals surface area contributed by atoms with E-state index in [1.807, 2.05) is 36.4 Å². The Morgan fingerprint density at radius 1 is 0.933 bits per heavy atom. The topological polar surface area (TPSA) is 12.9 Å². The monoisotopic (exact) mass is 197 g/mol. The molecule has 3 aromatic rings. The SMILES string of the molecule is Fc1cnc2ccc3ccccc3c2c1. The van der Waals surface area contributed by atoms with E-state index in [0.29, 0.717) is 0 Å². The normalized spacial score (nSPS) is 11.0. The molecule has 0 atom stereocenters. The fraction of sp³-hybridized carbons (Fsp3) is 0. The van der Waals surface area contributed by atoms with Crippen LogP contribution in [0.25, 0.3) is 21.7 Å². The molecule has 2 heteroatoms. The predicted molar refractivity (Wildman–Crippen MR) is 59.2 cm³/mol. The van der Waals surface area contributed by atoms with Gasteiger partial charge in [0, 0.05) is 5.39 Å². The minimum absolute atomic E-state index is 0.293. The number of rotatable bonds is 0. The fourth-order valence-electron chi connectivity index (χ4n) is 1.85. The van der Waals surface area contributed by atoms with Crippen LogP contribution >= 0.6 is 0 Å². The van der Waals surface area contributed by atoms with Crippen LogP contribution in [0.15, 0.2) is 48.7 Å². The second kappa shape index (κ2) is 3.02. The van der Waals surface area contributed by atoms with Crippen molar-refractivity contribution < 1.29 is 4.39 Å². The Kier molecular flexibility index (Phi) is 1.68. The molecule has 1 nitrogen and oxygen atoms in total. The first-order valence-corrected chi connectivity index (χ1v) is 4.77. The third-order valence-corrected chi connectivity index (χ3v) is 2.56. The Bertz CT molecular complexity index is 646. The number of aromatic nitrogens is 1. The first-order chi connectivity index (χ1) is 7.34.